The third-order valence-corrected chi connectivity index (χ3v) is 6.06. The molecule has 5 rings (SSSR count). The van der Waals surface area contributed by atoms with Gasteiger partial charge >= 0.3 is 0 Å². The second-order valence-corrected chi connectivity index (χ2v) is 8.80. The van der Waals surface area contributed by atoms with E-state index >= 15 is 0 Å². The molecule has 0 saturated heterocycles. The number of fused-ring (bicyclic) bond motifs is 4. The monoisotopic (exact) mass is 506 g/mol. The summed E-state index contributed by atoms with van der Waals surface area (Å²) >= 11 is 0. The van der Waals surface area contributed by atoms with Gasteiger partial charge in [0.15, 0.2) is 11.9 Å². The number of nitrogens with one attached hydrogen (secondary N) is 2. The smallest absolute Gasteiger partial charge is 0.198 e. The molecule has 0 fully saturated rings. The number of anilines is 2. The van der Waals surface area contributed by atoms with Crippen LogP contribution < -0.4 is 22.1 Å². The van der Waals surface area contributed by atoms with E-state index < -0.39 is 0 Å². The molecular weight excluding hydrogens is 476 g/mol. The first kappa shape index (κ1) is 25.0. The number of hydrogen-bond donors (Lipinski definition) is 4. The third kappa shape index (κ3) is 6.36. The summed E-state index contributed by atoms with van der Waals surface area (Å²) in [7, 11) is 0. The van der Waals surface area contributed by atoms with E-state index in [2.05, 4.69) is 20.6 Å². The number of benzene rings is 4. The second kappa shape index (κ2) is 12.1. The van der Waals surface area contributed by atoms with Crippen molar-refractivity contribution in [1.29, 1.82) is 0 Å². The highest BCUT2D eigenvalue weighted by molar-refractivity contribution is 5.95. The quantitative estimate of drug-likeness (QED) is 0.248. The van der Waals surface area contributed by atoms with Gasteiger partial charge in [0.05, 0.1) is 37.8 Å². The summed E-state index contributed by atoms with van der Waals surface area (Å²) in [4.78, 5) is 9.26. The first-order valence-electron chi connectivity index (χ1n) is 12.4. The summed E-state index contributed by atoms with van der Waals surface area (Å²) < 4.78 is 12.2. The fourth-order valence-corrected chi connectivity index (χ4v) is 4.15. The first-order chi connectivity index (χ1) is 18.7. The van der Waals surface area contributed by atoms with Gasteiger partial charge in [-0.3, -0.25) is 0 Å². The first-order valence-corrected chi connectivity index (χ1v) is 12.4. The van der Waals surface area contributed by atoms with Gasteiger partial charge in [0.2, 0.25) is 0 Å². The SMILES string of the molecule is NC1=Nc2ccccc2COCc2ccccc2N=C(N)Nc2ccccc2COCc2ccccc2N1. The van der Waals surface area contributed by atoms with Crippen LogP contribution in [-0.4, -0.2) is 11.9 Å². The Bertz CT molecular complexity index is 1360. The molecule has 4 aromatic carbocycles. The number of para-hydroxylation sites is 4. The van der Waals surface area contributed by atoms with Gasteiger partial charge in [-0.25, -0.2) is 9.98 Å². The molecular formula is C30H30N6O2. The molecule has 1 aliphatic rings. The zero-order valence-electron chi connectivity index (χ0n) is 20.9. The van der Waals surface area contributed by atoms with Crippen molar-refractivity contribution in [3.8, 4) is 0 Å². The van der Waals surface area contributed by atoms with E-state index in [0.717, 1.165) is 45.0 Å². The molecule has 6 N–H and O–H groups in total. The van der Waals surface area contributed by atoms with Crippen LogP contribution in [0, 0.1) is 0 Å². The maximum Gasteiger partial charge on any atom is 0.198 e. The second-order valence-electron chi connectivity index (χ2n) is 8.80. The van der Waals surface area contributed by atoms with Crippen LogP contribution in [-0.2, 0) is 35.9 Å². The Morgan fingerprint density at radius 2 is 0.816 bits per heavy atom. The Labute approximate surface area is 222 Å². The van der Waals surface area contributed by atoms with Crippen LogP contribution >= 0.6 is 0 Å². The molecule has 1 heterocycles. The molecule has 0 aliphatic carbocycles. The third-order valence-electron chi connectivity index (χ3n) is 6.06. The molecule has 0 saturated carbocycles. The van der Waals surface area contributed by atoms with E-state index in [0.29, 0.717) is 26.4 Å². The minimum Gasteiger partial charge on any atom is -0.372 e. The van der Waals surface area contributed by atoms with E-state index in [1.807, 2.05) is 97.1 Å². The van der Waals surface area contributed by atoms with Crippen molar-refractivity contribution in [3.63, 3.8) is 0 Å². The molecule has 0 aromatic heterocycles. The molecule has 0 amide bonds. The number of rotatable bonds is 0. The Hall–Kier alpha value is -4.66. The van der Waals surface area contributed by atoms with Crippen LogP contribution in [0.2, 0.25) is 0 Å². The van der Waals surface area contributed by atoms with E-state index in [1.165, 1.54) is 0 Å². The maximum atomic E-state index is 6.32. The van der Waals surface area contributed by atoms with E-state index in [9.17, 15) is 0 Å². The summed E-state index contributed by atoms with van der Waals surface area (Å²) in [5.41, 5.74) is 19.5. The molecule has 0 bridgehead atoms. The molecule has 8 nitrogen and oxygen atoms in total. The summed E-state index contributed by atoms with van der Waals surface area (Å²) in [6.07, 6.45) is 0. The van der Waals surface area contributed by atoms with E-state index in [-0.39, 0.29) is 11.9 Å². The average Bonchev–Trinajstić information content (AvgIpc) is 2.92. The van der Waals surface area contributed by atoms with Gasteiger partial charge in [-0.1, -0.05) is 72.8 Å². The average molecular weight is 507 g/mol. The molecule has 0 spiro atoms. The Morgan fingerprint density at radius 1 is 0.474 bits per heavy atom. The lowest BCUT2D eigenvalue weighted by molar-refractivity contribution is 0.108. The Kier molecular flexibility index (Phi) is 7.93. The van der Waals surface area contributed by atoms with Crippen molar-refractivity contribution < 1.29 is 9.47 Å². The van der Waals surface area contributed by atoms with Crippen LogP contribution in [0.15, 0.2) is 107 Å². The lowest BCUT2D eigenvalue weighted by Gasteiger charge is -2.15. The van der Waals surface area contributed by atoms with Crippen LogP contribution in [0.25, 0.3) is 0 Å². The fraction of sp³-hybridized carbons (Fsp3) is 0.133. The minimum absolute atomic E-state index is 0.281. The molecule has 8 heteroatoms. The molecule has 192 valence electrons. The summed E-state index contributed by atoms with van der Waals surface area (Å²) in [5.74, 6) is 0.563. The van der Waals surface area contributed by atoms with Gasteiger partial charge in [0.1, 0.15) is 0 Å². The van der Waals surface area contributed by atoms with Crippen LogP contribution in [0.3, 0.4) is 0 Å². The van der Waals surface area contributed by atoms with Crippen LogP contribution in [0.5, 0.6) is 0 Å². The maximum absolute atomic E-state index is 6.32. The van der Waals surface area contributed by atoms with Gasteiger partial charge in [-0.2, -0.15) is 0 Å². The highest BCUT2D eigenvalue weighted by Crippen LogP contribution is 2.25. The molecule has 4 aromatic rings. The van der Waals surface area contributed by atoms with Crippen molar-refractivity contribution in [2.75, 3.05) is 10.6 Å². The lowest BCUT2D eigenvalue weighted by Crippen LogP contribution is -2.23. The van der Waals surface area contributed by atoms with Gasteiger partial charge in [-0.15, -0.1) is 0 Å². The zero-order valence-corrected chi connectivity index (χ0v) is 20.9. The van der Waals surface area contributed by atoms with Crippen LogP contribution in [0.1, 0.15) is 22.3 Å². The minimum atomic E-state index is 0.281. The number of aliphatic imine (C=N–C) groups is 2. The standard InChI is InChI=1S/C30H30N6O2/c31-29-33-25-13-5-1-9-21(25)17-37-18-22-10-2-6-14-26(22)35-30(32)36-28-16-8-4-12-24(28)20-38-19-23-11-3-7-15-27(23)34-29/h1-16H,17-20H2,(H3,31,33,34)(H3,32,35,36). The molecule has 1 aliphatic heterocycles. The summed E-state index contributed by atoms with van der Waals surface area (Å²) in [6.45, 7) is 1.48. The predicted octanol–water partition coefficient (Wildman–Crippen LogP) is 5.55. The van der Waals surface area contributed by atoms with Crippen molar-refractivity contribution in [2.24, 2.45) is 21.5 Å². The largest absolute Gasteiger partial charge is 0.372 e. The van der Waals surface area contributed by atoms with Crippen molar-refractivity contribution >= 4 is 34.7 Å². The Balaban J connectivity index is 1.49. The normalized spacial score (nSPS) is 14.6. The number of ether oxygens (including phenoxy) is 2. The highest BCUT2D eigenvalue weighted by Gasteiger charge is 2.10. The summed E-state index contributed by atoms with van der Waals surface area (Å²) in [6, 6.07) is 31.2. The van der Waals surface area contributed by atoms with Gasteiger partial charge in [0.25, 0.3) is 0 Å². The predicted molar refractivity (Wildman–Crippen MR) is 153 cm³/mol. The molecule has 0 atom stereocenters. The number of hydrogen-bond acceptors (Lipinski definition) is 8. The van der Waals surface area contributed by atoms with E-state index in [1.54, 1.807) is 0 Å². The molecule has 0 unspecified atom stereocenters. The molecule has 0 radical (unpaired) electrons. The highest BCUT2D eigenvalue weighted by atomic mass is 16.5. The number of guanidine groups is 2. The molecule has 38 heavy (non-hydrogen) atoms. The van der Waals surface area contributed by atoms with Crippen molar-refractivity contribution in [3.05, 3.63) is 119 Å². The van der Waals surface area contributed by atoms with Crippen molar-refractivity contribution in [1.82, 2.24) is 0 Å². The fourth-order valence-electron chi connectivity index (χ4n) is 4.15. The van der Waals surface area contributed by atoms with Gasteiger partial charge < -0.3 is 31.6 Å². The number of nitrogens with two attached hydrogens (primary N) is 2. The summed E-state index contributed by atoms with van der Waals surface area (Å²) in [5, 5.41) is 6.45. The van der Waals surface area contributed by atoms with Crippen molar-refractivity contribution in [2.45, 2.75) is 26.4 Å². The Morgan fingerprint density at radius 3 is 1.26 bits per heavy atom. The zero-order chi connectivity index (χ0) is 26.2. The van der Waals surface area contributed by atoms with Gasteiger partial charge in [0, 0.05) is 33.6 Å². The van der Waals surface area contributed by atoms with E-state index in [4.69, 9.17) is 20.9 Å². The lowest BCUT2D eigenvalue weighted by atomic mass is 10.1. The topological polar surface area (TPSA) is 119 Å². The van der Waals surface area contributed by atoms with Crippen LogP contribution in [0.4, 0.5) is 22.7 Å². The van der Waals surface area contributed by atoms with Gasteiger partial charge in [-0.05, 0) is 24.3 Å². The number of nitrogens with zero attached hydrogens (tertiary/aromatic N) is 2.